The number of rotatable bonds is 4. The molecule has 2 rings (SSSR count). The van der Waals surface area contributed by atoms with Gasteiger partial charge in [-0.1, -0.05) is 23.7 Å². The van der Waals surface area contributed by atoms with Crippen LogP contribution in [-0.4, -0.2) is 14.3 Å². The summed E-state index contributed by atoms with van der Waals surface area (Å²) in [5.74, 6) is -0.900. The van der Waals surface area contributed by atoms with Crippen LogP contribution in [0.1, 0.15) is 15.9 Å². The Balaban J connectivity index is 2.51. The van der Waals surface area contributed by atoms with E-state index < -0.39 is 37.6 Å². The summed E-state index contributed by atoms with van der Waals surface area (Å²) in [6.07, 6.45) is -4.74. The Morgan fingerprint density at radius 2 is 1.75 bits per heavy atom. The highest BCUT2D eigenvalue weighted by molar-refractivity contribution is 7.92. The van der Waals surface area contributed by atoms with Crippen LogP contribution in [0.3, 0.4) is 0 Å². The largest absolute Gasteiger partial charge is 0.416 e. The molecule has 1 amide bonds. The molecule has 128 valence electrons. The number of amides is 1. The molecule has 3 N–H and O–H groups in total. The van der Waals surface area contributed by atoms with Gasteiger partial charge in [0.25, 0.3) is 15.9 Å². The Hall–Kier alpha value is -2.26. The third kappa shape index (κ3) is 3.80. The van der Waals surface area contributed by atoms with E-state index in [0.29, 0.717) is 12.1 Å². The lowest BCUT2D eigenvalue weighted by Gasteiger charge is -2.14. The van der Waals surface area contributed by atoms with E-state index in [2.05, 4.69) is 0 Å². The number of halogens is 4. The zero-order valence-corrected chi connectivity index (χ0v) is 13.3. The first kappa shape index (κ1) is 18.1. The zero-order chi connectivity index (χ0) is 18.1. The molecule has 2 aromatic rings. The molecular formula is C14H10ClF3N2O3S. The average molecular weight is 379 g/mol. The van der Waals surface area contributed by atoms with Gasteiger partial charge in [0.05, 0.1) is 21.8 Å². The van der Waals surface area contributed by atoms with Crippen LogP contribution in [0, 0.1) is 0 Å². The lowest BCUT2D eigenvalue weighted by molar-refractivity contribution is -0.137. The summed E-state index contributed by atoms with van der Waals surface area (Å²) < 4.78 is 65.0. The zero-order valence-electron chi connectivity index (χ0n) is 11.8. The number of alkyl halides is 3. The standard InChI is InChI=1S/C14H10ClF3N2O3S/c15-10-6-5-8(14(16,17)18)7-12(10)24(22,23)20-11-4-2-1-3-9(11)13(19)21/h1-7,20H,(H2,19,21). The van der Waals surface area contributed by atoms with Gasteiger partial charge in [-0.3, -0.25) is 9.52 Å². The van der Waals surface area contributed by atoms with Gasteiger partial charge in [-0.25, -0.2) is 8.42 Å². The molecule has 0 bridgehead atoms. The molecule has 0 atom stereocenters. The van der Waals surface area contributed by atoms with E-state index >= 15 is 0 Å². The average Bonchev–Trinajstić information content (AvgIpc) is 2.46. The number of nitrogens with one attached hydrogen (secondary N) is 1. The molecule has 0 unspecified atom stereocenters. The third-order valence-corrected chi connectivity index (χ3v) is 4.83. The molecule has 0 aromatic heterocycles. The van der Waals surface area contributed by atoms with Crippen LogP contribution in [0.5, 0.6) is 0 Å². The highest BCUT2D eigenvalue weighted by atomic mass is 35.5. The van der Waals surface area contributed by atoms with Crippen LogP contribution in [0.4, 0.5) is 18.9 Å². The molecule has 0 aliphatic rings. The maximum absolute atomic E-state index is 12.8. The molecule has 0 saturated carbocycles. The van der Waals surface area contributed by atoms with Crippen molar-refractivity contribution in [2.75, 3.05) is 4.72 Å². The molecule has 0 saturated heterocycles. The summed E-state index contributed by atoms with van der Waals surface area (Å²) in [6.45, 7) is 0. The lowest BCUT2D eigenvalue weighted by atomic mass is 10.2. The Kier molecular flexibility index (Phi) is 4.77. The van der Waals surface area contributed by atoms with Gasteiger partial charge >= 0.3 is 6.18 Å². The Morgan fingerprint density at radius 1 is 1.12 bits per heavy atom. The van der Waals surface area contributed by atoms with Crippen molar-refractivity contribution in [2.24, 2.45) is 5.73 Å². The molecule has 10 heteroatoms. The number of hydrogen-bond acceptors (Lipinski definition) is 3. The highest BCUT2D eigenvalue weighted by Gasteiger charge is 2.33. The smallest absolute Gasteiger partial charge is 0.366 e. The Bertz CT molecular complexity index is 898. The molecule has 0 fully saturated rings. The van der Waals surface area contributed by atoms with Gasteiger partial charge < -0.3 is 5.73 Å². The number of carbonyl (C=O) groups excluding carboxylic acids is 1. The van der Waals surface area contributed by atoms with E-state index in [-0.39, 0.29) is 11.3 Å². The van der Waals surface area contributed by atoms with E-state index in [4.69, 9.17) is 17.3 Å². The summed E-state index contributed by atoms with van der Waals surface area (Å²) in [6, 6.07) is 7.31. The monoisotopic (exact) mass is 378 g/mol. The summed E-state index contributed by atoms with van der Waals surface area (Å²) >= 11 is 5.72. The topological polar surface area (TPSA) is 89.3 Å². The van der Waals surface area contributed by atoms with Crippen LogP contribution in [0.2, 0.25) is 5.02 Å². The third-order valence-electron chi connectivity index (χ3n) is 2.98. The second-order valence-electron chi connectivity index (χ2n) is 4.66. The van der Waals surface area contributed by atoms with Crippen LogP contribution >= 0.6 is 11.6 Å². The minimum absolute atomic E-state index is 0.135. The van der Waals surface area contributed by atoms with Crippen molar-refractivity contribution in [1.29, 1.82) is 0 Å². The molecular weight excluding hydrogens is 369 g/mol. The van der Waals surface area contributed by atoms with Gasteiger partial charge in [-0.2, -0.15) is 13.2 Å². The normalized spacial score (nSPS) is 12.0. The second kappa shape index (κ2) is 6.33. The van der Waals surface area contributed by atoms with Crippen molar-refractivity contribution in [3.63, 3.8) is 0 Å². The summed E-state index contributed by atoms with van der Waals surface area (Å²) in [5, 5.41) is -0.396. The van der Waals surface area contributed by atoms with Gasteiger partial charge in [-0.15, -0.1) is 0 Å². The summed E-state index contributed by atoms with van der Waals surface area (Å²) in [5.41, 5.74) is 3.66. The van der Waals surface area contributed by atoms with Gasteiger partial charge in [0.1, 0.15) is 4.90 Å². The van der Waals surface area contributed by atoms with E-state index in [1.807, 2.05) is 4.72 Å². The number of anilines is 1. The second-order valence-corrected chi connectivity index (χ2v) is 6.72. The van der Waals surface area contributed by atoms with Gasteiger partial charge in [0.2, 0.25) is 0 Å². The van der Waals surface area contributed by atoms with Crippen molar-refractivity contribution >= 4 is 33.2 Å². The summed E-state index contributed by atoms with van der Waals surface area (Å²) in [7, 11) is -4.47. The number of primary amides is 1. The minimum atomic E-state index is -4.74. The molecule has 0 aliphatic carbocycles. The van der Waals surface area contributed by atoms with E-state index in [0.717, 1.165) is 6.07 Å². The van der Waals surface area contributed by atoms with E-state index in [1.165, 1.54) is 24.3 Å². The predicted octanol–water partition coefficient (Wildman–Crippen LogP) is 3.26. The minimum Gasteiger partial charge on any atom is -0.366 e. The summed E-state index contributed by atoms with van der Waals surface area (Å²) in [4.78, 5) is 10.5. The fourth-order valence-corrected chi connectivity index (χ4v) is 3.48. The van der Waals surface area contributed by atoms with Crippen molar-refractivity contribution in [2.45, 2.75) is 11.1 Å². The Morgan fingerprint density at radius 3 is 2.33 bits per heavy atom. The maximum atomic E-state index is 12.8. The number of benzene rings is 2. The molecule has 0 spiro atoms. The number of nitrogens with two attached hydrogens (primary N) is 1. The molecule has 0 aliphatic heterocycles. The number of para-hydroxylation sites is 1. The molecule has 24 heavy (non-hydrogen) atoms. The van der Waals surface area contributed by atoms with Gasteiger partial charge in [-0.05, 0) is 30.3 Å². The SMILES string of the molecule is NC(=O)c1ccccc1NS(=O)(=O)c1cc(C(F)(F)F)ccc1Cl. The van der Waals surface area contributed by atoms with Crippen molar-refractivity contribution in [3.8, 4) is 0 Å². The fraction of sp³-hybridized carbons (Fsp3) is 0.0714. The maximum Gasteiger partial charge on any atom is 0.416 e. The highest BCUT2D eigenvalue weighted by Crippen LogP contribution is 2.34. The number of carbonyl (C=O) groups is 1. The van der Waals surface area contributed by atoms with Gasteiger partial charge in [0, 0.05) is 0 Å². The first-order chi connectivity index (χ1) is 11.0. The van der Waals surface area contributed by atoms with E-state index in [9.17, 15) is 26.4 Å². The van der Waals surface area contributed by atoms with Crippen LogP contribution in [0.25, 0.3) is 0 Å². The van der Waals surface area contributed by atoms with E-state index in [1.54, 1.807) is 0 Å². The van der Waals surface area contributed by atoms with Crippen molar-refractivity contribution in [1.82, 2.24) is 0 Å². The Labute approximate surface area is 140 Å². The van der Waals surface area contributed by atoms with Crippen molar-refractivity contribution < 1.29 is 26.4 Å². The fourth-order valence-electron chi connectivity index (χ4n) is 1.87. The molecule has 5 nitrogen and oxygen atoms in total. The first-order valence-electron chi connectivity index (χ1n) is 6.31. The van der Waals surface area contributed by atoms with Crippen LogP contribution in [-0.2, 0) is 16.2 Å². The van der Waals surface area contributed by atoms with Crippen molar-refractivity contribution in [3.05, 3.63) is 58.6 Å². The number of hydrogen-bond donors (Lipinski definition) is 2. The first-order valence-corrected chi connectivity index (χ1v) is 8.17. The quantitative estimate of drug-likeness (QED) is 0.855. The van der Waals surface area contributed by atoms with Crippen LogP contribution in [0.15, 0.2) is 47.4 Å². The predicted molar refractivity (Wildman–Crippen MR) is 82.2 cm³/mol. The van der Waals surface area contributed by atoms with Crippen LogP contribution < -0.4 is 10.5 Å². The number of sulfonamides is 1. The molecule has 0 heterocycles. The molecule has 0 radical (unpaired) electrons. The lowest BCUT2D eigenvalue weighted by Crippen LogP contribution is -2.19. The molecule has 2 aromatic carbocycles. The van der Waals surface area contributed by atoms with Gasteiger partial charge in [0.15, 0.2) is 0 Å².